The van der Waals surface area contributed by atoms with E-state index in [1.165, 1.54) is 0 Å². The Kier molecular flexibility index (Phi) is 4.31. The van der Waals surface area contributed by atoms with Crippen molar-refractivity contribution in [3.05, 3.63) is 24.3 Å². The van der Waals surface area contributed by atoms with Gasteiger partial charge in [0.05, 0.1) is 5.75 Å². The van der Waals surface area contributed by atoms with Gasteiger partial charge in [-0.25, -0.2) is 12.7 Å². The van der Waals surface area contributed by atoms with Crippen LogP contribution in [0.15, 0.2) is 24.3 Å². The summed E-state index contributed by atoms with van der Waals surface area (Å²) in [4.78, 5) is 2.21. The number of sulfonamides is 1. The Morgan fingerprint density at radius 2 is 1.79 bits per heavy atom. The van der Waals surface area contributed by atoms with E-state index in [9.17, 15) is 8.42 Å². The number of hydrogen-bond acceptors (Lipinski definition) is 4. The van der Waals surface area contributed by atoms with Gasteiger partial charge in [0.15, 0.2) is 0 Å². The van der Waals surface area contributed by atoms with Crippen molar-refractivity contribution in [2.45, 2.75) is 13.3 Å². The highest BCUT2D eigenvalue weighted by molar-refractivity contribution is 7.89. The summed E-state index contributed by atoms with van der Waals surface area (Å²) in [6.45, 7) is 4.46. The normalized spacial score (nSPS) is 18.3. The lowest BCUT2D eigenvalue weighted by Gasteiger charge is -2.23. The molecule has 0 unspecified atom stereocenters. The summed E-state index contributed by atoms with van der Waals surface area (Å²) >= 11 is 0. The maximum atomic E-state index is 11.9. The lowest BCUT2D eigenvalue weighted by atomic mass is 10.2. The summed E-state index contributed by atoms with van der Waals surface area (Å²) < 4.78 is 25.4. The standard InChI is InChI=1S/C13H21N3O2S/c1-2-19(17,18)16-9-3-8-15(10-11-16)13-6-4-12(14)5-7-13/h4-7H,2-3,8-11,14H2,1H3. The molecule has 106 valence electrons. The molecule has 1 aliphatic rings. The summed E-state index contributed by atoms with van der Waals surface area (Å²) in [5.74, 6) is 0.175. The zero-order valence-corrected chi connectivity index (χ0v) is 12.1. The van der Waals surface area contributed by atoms with Gasteiger partial charge in [-0.3, -0.25) is 0 Å². The molecular weight excluding hydrogens is 262 g/mol. The van der Waals surface area contributed by atoms with Crippen LogP contribution in [0.2, 0.25) is 0 Å². The minimum absolute atomic E-state index is 0.175. The number of benzene rings is 1. The van der Waals surface area contributed by atoms with E-state index in [2.05, 4.69) is 4.90 Å². The fourth-order valence-electron chi connectivity index (χ4n) is 2.30. The second-order valence-electron chi connectivity index (χ2n) is 4.73. The van der Waals surface area contributed by atoms with Gasteiger partial charge in [-0.1, -0.05) is 0 Å². The van der Waals surface area contributed by atoms with E-state index < -0.39 is 10.0 Å². The minimum atomic E-state index is -3.07. The van der Waals surface area contributed by atoms with Crippen molar-refractivity contribution >= 4 is 21.4 Å². The molecule has 2 N–H and O–H groups in total. The van der Waals surface area contributed by atoms with Crippen LogP contribution in [0.4, 0.5) is 11.4 Å². The first-order valence-corrected chi connectivity index (χ1v) is 8.22. The number of nitrogens with two attached hydrogens (primary N) is 1. The van der Waals surface area contributed by atoms with Gasteiger partial charge in [0.25, 0.3) is 0 Å². The van der Waals surface area contributed by atoms with E-state index in [0.29, 0.717) is 13.1 Å². The first kappa shape index (κ1) is 14.1. The van der Waals surface area contributed by atoms with E-state index in [1.807, 2.05) is 24.3 Å². The summed E-state index contributed by atoms with van der Waals surface area (Å²) in [5.41, 5.74) is 7.52. The van der Waals surface area contributed by atoms with Crippen molar-refractivity contribution in [1.82, 2.24) is 4.31 Å². The number of nitrogens with zero attached hydrogens (tertiary/aromatic N) is 2. The Hall–Kier alpha value is -1.27. The Morgan fingerprint density at radius 1 is 1.11 bits per heavy atom. The van der Waals surface area contributed by atoms with Gasteiger partial charge in [-0.05, 0) is 37.6 Å². The van der Waals surface area contributed by atoms with Crippen LogP contribution in [0.5, 0.6) is 0 Å². The molecule has 0 saturated carbocycles. The minimum Gasteiger partial charge on any atom is -0.399 e. The van der Waals surface area contributed by atoms with Crippen LogP contribution in [-0.2, 0) is 10.0 Å². The summed E-state index contributed by atoms with van der Waals surface area (Å²) in [5, 5.41) is 0. The Balaban J connectivity index is 2.06. The highest BCUT2D eigenvalue weighted by atomic mass is 32.2. The van der Waals surface area contributed by atoms with Crippen molar-refractivity contribution in [3.63, 3.8) is 0 Å². The first-order valence-electron chi connectivity index (χ1n) is 6.61. The molecule has 1 fully saturated rings. The predicted molar refractivity (Wildman–Crippen MR) is 78.7 cm³/mol. The van der Waals surface area contributed by atoms with Gasteiger partial charge >= 0.3 is 0 Å². The number of hydrogen-bond donors (Lipinski definition) is 1. The van der Waals surface area contributed by atoms with Crippen molar-refractivity contribution in [1.29, 1.82) is 0 Å². The average Bonchev–Trinajstić information content (AvgIpc) is 2.66. The van der Waals surface area contributed by atoms with Crippen LogP contribution >= 0.6 is 0 Å². The van der Waals surface area contributed by atoms with Crippen LogP contribution in [0.3, 0.4) is 0 Å². The molecule has 1 aliphatic heterocycles. The van der Waals surface area contributed by atoms with Crippen LogP contribution in [0.1, 0.15) is 13.3 Å². The van der Waals surface area contributed by atoms with Crippen LogP contribution in [0.25, 0.3) is 0 Å². The topological polar surface area (TPSA) is 66.6 Å². The van der Waals surface area contributed by atoms with Crippen molar-refractivity contribution < 1.29 is 8.42 Å². The summed E-state index contributed by atoms with van der Waals surface area (Å²) in [6, 6.07) is 7.72. The van der Waals surface area contributed by atoms with E-state index in [-0.39, 0.29) is 5.75 Å². The maximum absolute atomic E-state index is 11.9. The molecule has 2 rings (SSSR count). The molecule has 0 bridgehead atoms. The lowest BCUT2D eigenvalue weighted by molar-refractivity contribution is 0.434. The van der Waals surface area contributed by atoms with E-state index >= 15 is 0 Å². The van der Waals surface area contributed by atoms with Gasteiger partial charge in [-0.2, -0.15) is 0 Å². The third-order valence-electron chi connectivity index (χ3n) is 3.47. The van der Waals surface area contributed by atoms with E-state index in [1.54, 1.807) is 11.2 Å². The molecule has 1 saturated heterocycles. The fourth-order valence-corrected chi connectivity index (χ4v) is 3.43. The molecule has 0 atom stereocenters. The summed E-state index contributed by atoms with van der Waals surface area (Å²) in [7, 11) is -3.07. The monoisotopic (exact) mass is 283 g/mol. The van der Waals surface area contributed by atoms with Gasteiger partial charge in [0.1, 0.15) is 0 Å². The van der Waals surface area contributed by atoms with E-state index in [0.717, 1.165) is 30.9 Å². The summed E-state index contributed by atoms with van der Waals surface area (Å²) in [6.07, 6.45) is 0.851. The molecule has 0 radical (unpaired) electrons. The zero-order valence-electron chi connectivity index (χ0n) is 11.2. The van der Waals surface area contributed by atoms with Crippen LogP contribution < -0.4 is 10.6 Å². The van der Waals surface area contributed by atoms with Crippen LogP contribution in [-0.4, -0.2) is 44.7 Å². The smallest absolute Gasteiger partial charge is 0.213 e. The molecule has 5 nitrogen and oxygen atoms in total. The molecule has 1 aromatic rings. The second-order valence-corrected chi connectivity index (χ2v) is 6.99. The van der Waals surface area contributed by atoms with Crippen molar-refractivity contribution in [2.24, 2.45) is 0 Å². The highest BCUT2D eigenvalue weighted by Crippen LogP contribution is 2.19. The van der Waals surface area contributed by atoms with Crippen molar-refractivity contribution in [3.8, 4) is 0 Å². The van der Waals surface area contributed by atoms with Crippen LogP contribution in [0, 0.1) is 0 Å². The molecule has 0 spiro atoms. The Morgan fingerprint density at radius 3 is 2.42 bits per heavy atom. The lowest BCUT2D eigenvalue weighted by Crippen LogP contribution is -2.36. The molecular formula is C13H21N3O2S. The molecule has 0 amide bonds. The fraction of sp³-hybridized carbons (Fsp3) is 0.538. The number of anilines is 2. The third kappa shape index (κ3) is 3.39. The SMILES string of the molecule is CCS(=O)(=O)N1CCCN(c2ccc(N)cc2)CC1. The zero-order chi connectivity index (χ0) is 13.9. The van der Waals surface area contributed by atoms with Gasteiger partial charge in [0, 0.05) is 37.6 Å². The molecule has 19 heavy (non-hydrogen) atoms. The number of rotatable bonds is 3. The highest BCUT2D eigenvalue weighted by Gasteiger charge is 2.23. The molecule has 0 aliphatic carbocycles. The quantitative estimate of drug-likeness (QED) is 0.845. The molecule has 0 aromatic heterocycles. The molecule has 1 heterocycles. The predicted octanol–water partition coefficient (Wildman–Crippen LogP) is 1.13. The Labute approximate surface area is 115 Å². The largest absolute Gasteiger partial charge is 0.399 e. The molecule has 1 aromatic carbocycles. The second kappa shape index (κ2) is 5.79. The van der Waals surface area contributed by atoms with Gasteiger partial charge < -0.3 is 10.6 Å². The van der Waals surface area contributed by atoms with Gasteiger partial charge in [-0.15, -0.1) is 0 Å². The Bertz CT molecular complexity index is 513. The number of nitrogen functional groups attached to an aromatic ring is 1. The maximum Gasteiger partial charge on any atom is 0.213 e. The first-order chi connectivity index (χ1) is 9.03. The third-order valence-corrected chi connectivity index (χ3v) is 5.35. The van der Waals surface area contributed by atoms with E-state index in [4.69, 9.17) is 5.73 Å². The van der Waals surface area contributed by atoms with Crippen molar-refractivity contribution in [2.75, 3.05) is 42.6 Å². The van der Waals surface area contributed by atoms with Gasteiger partial charge in [0.2, 0.25) is 10.0 Å². The average molecular weight is 283 g/mol. The molecule has 6 heteroatoms.